The fraction of sp³-hybridized carbons (Fsp3) is 0.562. The molecule has 3 aromatic rings. The minimum Gasteiger partial charge on any atom is -0.379 e. The number of rotatable bonds is 1. The van der Waals surface area contributed by atoms with Crippen LogP contribution in [-0.4, -0.2) is 58.2 Å². The molecule has 1 N–H and O–H groups in total. The van der Waals surface area contributed by atoms with Crippen molar-refractivity contribution in [3.05, 3.63) is 63.2 Å². The summed E-state index contributed by atoms with van der Waals surface area (Å²) in [6.07, 6.45) is 0.789. The molecule has 7 rings (SSSR count). The highest BCUT2D eigenvalue weighted by molar-refractivity contribution is 5.88. The molecule has 1 aromatic carbocycles. The van der Waals surface area contributed by atoms with Crippen LogP contribution in [0.2, 0.25) is 0 Å². The van der Waals surface area contributed by atoms with E-state index in [0.29, 0.717) is 46.6 Å². The number of nitrogens with zero attached hydrogens (tertiary/aromatic N) is 5. The van der Waals surface area contributed by atoms with Crippen LogP contribution in [0.3, 0.4) is 0 Å². The van der Waals surface area contributed by atoms with E-state index < -0.39 is 42.2 Å². The third-order valence-corrected chi connectivity index (χ3v) is 9.29. The van der Waals surface area contributed by atoms with Gasteiger partial charge in [0.1, 0.15) is 17.3 Å². The third-order valence-electron chi connectivity index (χ3n) is 9.29. The Hall–Kier alpha value is -3.56. The number of hydrogen-bond acceptors (Lipinski definition) is 7. The second-order valence-corrected chi connectivity index (χ2v) is 12.4. The fourth-order valence-electron chi connectivity index (χ4n) is 6.46. The standard InChI is InChI=1S/C32H36F4N6O2/c1-20-22-4-3-5-24(16-22)32(35,36)23-6-11-41(12-7-23)19-31(33,34)10-14-44-15-13-42-28-25(27(38-20)39-21(2)40-28)17-26(29(42)43)30(18-37)8-9-30/h3-5,16-17,20,23H,6-15,19H2,1-2H3,(H,38,39,40)/t20-/m1/s1. The number of benzene rings is 1. The molecule has 234 valence electrons. The Morgan fingerprint density at radius 2 is 1.80 bits per heavy atom. The molecule has 8 bridgehead atoms. The van der Waals surface area contributed by atoms with Crippen molar-refractivity contribution in [2.24, 2.45) is 5.92 Å². The van der Waals surface area contributed by atoms with Gasteiger partial charge in [-0.25, -0.2) is 27.5 Å². The van der Waals surface area contributed by atoms with Crippen molar-refractivity contribution >= 4 is 16.9 Å². The van der Waals surface area contributed by atoms with Crippen molar-refractivity contribution in [1.29, 1.82) is 5.26 Å². The van der Waals surface area contributed by atoms with Crippen LogP contribution in [0.4, 0.5) is 23.4 Å². The molecule has 1 saturated carbocycles. The summed E-state index contributed by atoms with van der Waals surface area (Å²) in [6.45, 7) is 3.15. The lowest BCUT2D eigenvalue weighted by atomic mass is 9.85. The monoisotopic (exact) mass is 612 g/mol. The van der Waals surface area contributed by atoms with Crippen molar-refractivity contribution in [3.63, 3.8) is 0 Å². The minimum atomic E-state index is -3.13. The number of nitrogens with one attached hydrogen (secondary N) is 1. The van der Waals surface area contributed by atoms with Crippen LogP contribution in [-0.2, 0) is 22.6 Å². The number of aromatic nitrogens is 3. The van der Waals surface area contributed by atoms with Crippen molar-refractivity contribution in [3.8, 4) is 6.07 Å². The van der Waals surface area contributed by atoms with Gasteiger partial charge in [-0.05, 0) is 70.3 Å². The normalized spacial score (nSPS) is 26.3. The van der Waals surface area contributed by atoms with Crippen LogP contribution in [0.1, 0.15) is 67.6 Å². The maximum atomic E-state index is 15.8. The third kappa shape index (κ3) is 5.79. The summed E-state index contributed by atoms with van der Waals surface area (Å²) in [5.74, 6) is -6.37. The van der Waals surface area contributed by atoms with Crippen molar-refractivity contribution in [1.82, 2.24) is 19.4 Å². The zero-order valence-corrected chi connectivity index (χ0v) is 24.9. The van der Waals surface area contributed by atoms with Crippen LogP contribution in [0.25, 0.3) is 11.0 Å². The molecule has 1 aliphatic carbocycles. The molecule has 0 radical (unpaired) electrons. The van der Waals surface area contributed by atoms with E-state index in [9.17, 15) is 18.8 Å². The lowest BCUT2D eigenvalue weighted by molar-refractivity contribution is -0.100. The maximum Gasteiger partial charge on any atom is 0.276 e. The van der Waals surface area contributed by atoms with Crippen molar-refractivity contribution in [2.45, 2.75) is 75.8 Å². The summed E-state index contributed by atoms with van der Waals surface area (Å²) >= 11 is 0. The Bertz CT molecular complexity index is 1660. The van der Waals surface area contributed by atoms with E-state index in [0.717, 1.165) is 0 Å². The first kappa shape index (κ1) is 30.5. The van der Waals surface area contributed by atoms with Gasteiger partial charge >= 0.3 is 0 Å². The Morgan fingerprint density at radius 3 is 2.50 bits per heavy atom. The Labute approximate surface area is 253 Å². The molecule has 44 heavy (non-hydrogen) atoms. The van der Waals surface area contributed by atoms with Crippen molar-refractivity contribution < 1.29 is 22.3 Å². The van der Waals surface area contributed by atoms with Gasteiger partial charge in [-0.2, -0.15) is 5.26 Å². The maximum absolute atomic E-state index is 15.8. The van der Waals surface area contributed by atoms with E-state index >= 15 is 8.78 Å². The topological polar surface area (TPSA) is 96.1 Å². The van der Waals surface area contributed by atoms with Gasteiger partial charge in [-0.3, -0.25) is 14.3 Å². The second kappa shape index (κ2) is 11.4. The average Bonchev–Trinajstić information content (AvgIpc) is 3.78. The molecule has 2 aromatic heterocycles. The molecule has 3 aliphatic heterocycles. The smallest absolute Gasteiger partial charge is 0.276 e. The Kier molecular flexibility index (Phi) is 7.91. The number of pyridine rings is 1. The molecule has 8 nitrogen and oxygen atoms in total. The van der Waals surface area contributed by atoms with Gasteiger partial charge in [0, 0.05) is 29.5 Å². The predicted octanol–water partition coefficient (Wildman–Crippen LogP) is 5.69. The number of fused-ring (bicyclic) bond motifs is 9. The van der Waals surface area contributed by atoms with Gasteiger partial charge in [0.15, 0.2) is 0 Å². The van der Waals surface area contributed by atoms with Gasteiger partial charge in [0.25, 0.3) is 17.4 Å². The highest BCUT2D eigenvalue weighted by Crippen LogP contribution is 2.47. The molecule has 5 heterocycles. The van der Waals surface area contributed by atoms with E-state index in [1.807, 2.05) is 6.92 Å². The molecule has 4 aliphatic rings. The molecule has 0 amide bonds. The number of alkyl halides is 4. The van der Waals surface area contributed by atoms with Gasteiger partial charge in [0.05, 0.1) is 43.2 Å². The highest BCUT2D eigenvalue weighted by atomic mass is 19.3. The summed E-state index contributed by atoms with van der Waals surface area (Å²) < 4.78 is 68.3. The molecular formula is C32H36F4N6O2. The summed E-state index contributed by atoms with van der Waals surface area (Å²) in [5.41, 5.74) is -0.137. The Balaban J connectivity index is 1.44. The summed E-state index contributed by atoms with van der Waals surface area (Å²) in [5, 5.41) is 13.8. The van der Waals surface area contributed by atoms with Crippen LogP contribution in [0.5, 0.6) is 0 Å². The molecular weight excluding hydrogens is 576 g/mol. The van der Waals surface area contributed by atoms with Crippen LogP contribution >= 0.6 is 0 Å². The van der Waals surface area contributed by atoms with Gasteiger partial charge < -0.3 is 10.1 Å². The number of piperidine rings is 1. The number of hydrogen-bond donors (Lipinski definition) is 1. The van der Waals surface area contributed by atoms with Crippen LogP contribution in [0, 0.1) is 24.2 Å². The Morgan fingerprint density at radius 1 is 1.05 bits per heavy atom. The molecule has 2 fully saturated rings. The van der Waals surface area contributed by atoms with Gasteiger partial charge in [0.2, 0.25) is 0 Å². The summed E-state index contributed by atoms with van der Waals surface area (Å²) in [4.78, 5) is 24.4. The zero-order valence-electron chi connectivity index (χ0n) is 24.9. The van der Waals surface area contributed by atoms with Gasteiger partial charge in [-0.15, -0.1) is 0 Å². The van der Waals surface area contributed by atoms with E-state index in [2.05, 4.69) is 21.4 Å². The first-order valence-electron chi connectivity index (χ1n) is 15.2. The summed E-state index contributed by atoms with van der Waals surface area (Å²) in [7, 11) is 0. The lowest BCUT2D eigenvalue weighted by Gasteiger charge is -2.37. The minimum absolute atomic E-state index is 0.0103. The van der Waals surface area contributed by atoms with Crippen LogP contribution < -0.4 is 10.9 Å². The van der Waals surface area contributed by atoms with Crippen LogP contribution in [0.15, 0.2) is 35.1 Å². The van der Waals surface area contributed by atoms with E-state index in [1.54, 1.807) is 30.0 Å². The molecule has 1 atom stereocenters. The lowest BCUT2D eigenvalue weighted by Crippen LogP contribution is -2.44. The summed E-state index contributed by atoms with van der Waals surface area (Å²) in [6, 6.07) is 9.77. The largest absolute Gasteiger partial charge is 0.379 e. The number of aryl methyl sites for hydroxylation is 1. The number of ether oxygens (including phenoxy) is 1. The predicted molar refractivity (Wildman–Crippen MR) is 157 cm³/mol. The van der Waals surface area contributed by atoms with E-state index in [-0.39, 0.29) is 56.8 Å². The number of halogens is 4. The number of anilines is 1. The first-order chi connectivity index (χ1) is 20.9. The highest BCUT2D eigenvalue weighted by Gasteiger charge is 2.48. The zero-order chi connectivity index (χ0) is 31.3. The van der Waals surface area contributed by atoms with Gasteiger partial charge in [-0.1, -0.05) is 18.2 Å². The molecule has 12 heteroatoms. The SMILES string of the molecule is Cc1nc2c3cc(C4(C#N)CC4)c(=O)n(c3n1)CCOCCC(F)(F)CN1CCC(CC1)C(F)(F)c1cccc(c1)[C@@H](C)N2. The average molecular weight is 613 g/mol. The van der Waals surface area contributed by atoms with E-state index in [4.69, 9.17) is 4.74 Å². The van der Waals surface area contributed by atoms with E-state index in [1.165, 1.54) is 16.7 Å². The molecule has 0 spiro atoms. The molecule has 0 unspecified atom stereocenters. The molecule has 1 saturated heterocycles. The van der Waals surface area contributed by atoms with Crippen molar-refractivity contribution in [2.75, 3.05) is 38.2 Å². The number of nitriles is 1. The first-order valence-corrected chi connectivity index (χ1v) is 15.2. The quantitative estimate of drug-likeness (QED) is 0.353. The fourth-order valence-corrected chi connectivity index (χ4v) is 6.46. The second-order valence-electron chi connectivity index (χ2n) is 12.4.